The number of nitrogens with zero attached hydrogens (tertiary/aromatic N) is 1. The summed E-state index contributed by atoms with van der Waals surface area (Å²) in [6.45, 7) is 0. The first kappa shape index (κ1) is 16.3. The molecule has 0 radical (unpaired) electrons. The number of ether oxygens (including phenoxy) is 2. The van der Waals surface area contributed by atoms with Gasteiger partial charge in [0.2, 0.25) is 0 Å². The molecule has 0 atom stereocenters. The average molecular weight is 357 g/mol. The Labute approximate surface area is 151 Å². The molecule has 1 aliphatic rings. The van der Waals surface area contributed by atoms with Crippen molar-refractivity contribution < 1.29 is 9.47 Å². The molecule has 1 aliphatic carbocycles. The first-order valence-corrected chi connectivity index (χ1v) is 9.62. The minimum absolute atomic E-state index is 0.564. The highest BCUT2D eigenvalue weighted by Gasteiger charge is 2.18. The number of aromatic nitrogens is 2. The molecule has 4 rings (SSSR count). The predicted octanol–water partition coefficient (Wildman–Crippen LogP) is 5.05. The van der Waals surface area contributed by atoms with Gasteiger partial charge in [-0.25, -0.2) is 4.98 Å². The lowest BCUT2D eigenvalue weighted by Gasteiger charge is -2.22. The number of anilines is 1. The SMILES string of the molecule is COc1cc(OC)c2c(-c3csc(NC4CCCCC4)n3)c[nH]c2c1. The number of rotatable bonds is 5. The Kier molecular flexibility index (Phi) is 4.53. The third-order valence-electron chi connectivity index (χ3n) is 4.89. The highest BCUT2D eigenvalue weighted by atomic mass is 32.1. The van der Waals surface area contributed by atoms with Crippen molar-refractivity contribution in [3.8, 4) is 22.8 Å². The zero-order chi connectivity index (χ0) is 17.2. The third kappa shape index (κ3) is 3.18. The van der Waals surface area contributed by atoms with Gasteiger partial charge in [0.25, 0.3) is 0 Å². The molecule has 5 nitrogen and oxygen atoms in total. The van der Waals surface area contributed by atoms with Crippen molar-refractivity contribution in [1.29, 1.82) is 0 Å². The van der Waals surface area contributed by atoms with Gasteiger partial charge in [0.05, 0.1) is 30.8 Å². The van der Waals surface area contributed by atoms with E-state index in [1.807, 2.05) is 18.3 Å². The maximum atomic E-state index is 5.58. The van der Waals surface area contributed by atoms with Gasteiger partial charge in [-0.3, -0.25) is 0 Å². The number of hydrogen-bond acceptors (Lipinski definition) is 5. The summed E-state index contributed by atoms with van der Waals surface area (Å²) in [5.74, 6) is 1.57. The van der Waals surface area contributed by atoms with Gasteiger partial charge in [0, 0.05) is 35.3 Å². The molecular weight excluding hydrogens is 334 g/mol. The molecule has 0 amide bonds. The second-order valence-corrected chi connectivity index (χ2v) is 7.33. The number of H-pyrrole nitrogens is 1. The van der Waals surface area contributed by atoms with Crippen molar-refractivity contribution >= 4 is 27.4 Å². The quantitative estimate of drug-likeness (QED) is 0.670. The highest BCUT2D eigenvalue weighted by Crippen LogP contribution is 2.39. The maximum Gasteiger partial charge on any atom is 0.183 e. The number of fused-ring (bicyclic) bond motifs is 1. The Bertz CT molecular complexity index is 865. The maximum absolute atomic E-state index is 5.58. The normalized spacial score (nSPS) is 15.4. The Morgan fingerprint density at radius 3 is 2.76 bits per heavy atom. The molecule has 1 fully saturated rings. The minimum atomic E-state index is 0.564. The molecule has 2 heterocycles. The van der Waals surface area contributed by atoms with Crippen LogP contribution in [0.2, 0.25) is 0 Å². The zero-order valence-electron chi connectivity index (χ0n) is 14.6. The van der Waals surface area contributed by atoms with Crippen molar-refractivity contribution in [2.45, 2.75) is 38.1 Å². The summed E-state index contributed by atoms with van der Waals surface area (Å²) in [4.78, 5) is 8.13. The fourth-order valence-corrected chi connectivity index (χ4v) is 4.36. The molecule has 0 aliphatic heterocycles. The number of hydrogen-bond donors (Lipinski definition) is 2. The summed E-state index contributed by atoms with van der Waals surface area (Å²) in [6.07, 6.45) is 8.48. The Balaban J connectivity index is 1.65. The van der Waals surface area contributed by atoms with Crippen molar-refractivity contribution in [1.82, 2.24) is 9.97 Å². The molecule has 0 saturated heterocycles. The van der Waals surface area contributed by atoms with Gasteiger partial charge in [0.1, 0.15) is 11.5 Å². The van der Waals surface area contributed by atoms with Gasteiger partial charge in [-0.15, -0.1) is 11.3 Å². The van der Waals surface area contributed by atoms with Crippen molar-refractivity contribution in [2.24, 2.45) is 0 Å². The summed E-state index contributed by atoms with van der Waals surface area (Å²) >= 11 is 1.67. The number of thiazole rings is 1. The van der Waals surface area contributed by atoms with Crippen LogP contribution in [0, 0.1) is 0 Å². The Morgan fingerprint density at radius 1 is 1.16 bits per heavy atom. The molecule has 0 unspecified atom stereocenters. The molecule has 6 heteroatoms. The predicted molar refractivity (Wildman–Crippen MR) is 103 cm³/mol. The van der Waals surface area contributed by atoms with E-state index in [-0.39, 0.29) is 0 Å². The lowest BCUT2D eigenvalue weighted by molar-refractivity contribution is 0.398. The smallest absolute Gasteiger partial charge is 0.183 e. The lowest BCUT2D eigenvalue weighted by Crippen LogP contribution is -2.21. The molecule has 1 aromatic carbocycles. The van der Waals surface area contributed by atoms with E-state index in [4.69, 9.17) is 14.5 Å². The fourth-order valence-electron chi connectivity index (χ4n) is 3.57. The van der Waals surface area contributed by atoms with Crippen LogP contribution in [0.1, 0.15) is 32.1 Å². The van der Waals surface area contributed by atoms with Gasteiger partial charge >= 0.3 is 0 Å². The molecule has 1 saturated carbocycles. The third-order valence-corrected chi connectivity index (χ3v) is 5.66. The van der Waals surface area contributed by atoms with E-state index in [1.54, 1.807) is 25.6 Å². The number of methoxy groups -OCH3 is 2. The summed E-state index contributed by atoms with van der Waals surface area (Å²) in [5.41, 5.74) is 3.02. The lowest BCUT2D eigenvalue weighted by atomic mass is 9.96. The van der Waals surface area contributed by atoms with Crippen LogP contribution in [0.4, 0.5) is 5.13 Å². The molecule has 2 N–H and O–H groups in total. The highest BCUT2D eigenvalue weighted by molar-refractivity contribution is 7.14. The van der Waals surface area contributed by atoms with Crippen LogP contribution in [0.25, 0.3) is 22.2 Å². The summed E-state index contributed by atoms with van der Waals surface area (Å²) in [5, 5.41) is 7.76. The summed E-state index contributed by atoms with van der Waals surface area (Å²) < 4.78 is 10.9. The van der Waals surface area contributed by atoms with E-state index in [0.29, 0.717) is 6.04 Å². The van der Waals surface area contributed by atoms with E-state index in [9.17, 15) is 0 Å². The average Bonchev–Trinajstić information content (AvgIpc) is 3.28. The Morgan fingerprint density at radius 2 is 2.00 bits per heavy atom. The molecule has 132 valence electrons. The van der Waals surface area contributed by atoms with Gasteiger partial charge < -0.3 is 19.8 Å². The monoisotopic (exact) mass is 357 g/mol. The first-order valence-electron chi connectivity index (χ1n) is 8.74. The number of nitrogens with one attached hydrogen (secondary N) is 2. The number of benzene rings is 1. The fraction of sp³-hybridized carbons (Fsp3) is 0.421. The first-order chi connectivity index (χ1) is 12.3. The van der Waals surface area contributed by atoms with Crippen molar-refractivity contribution in [3.05, 3.63) is 23.7 Å². The van der Waals surface area contributed by atoms with Gasteiger partial charge in [0.15, 0.2) is 5.13 Å². The van der Waals surface area contributed by atoms with Crippen molar-refractivity contribution in [3.63, 3.8) is 0 Å². The van der Waals surface area contributed by atoms with Gasteiger partial charge in [-0.2, -0.15) is 0 Å². The van der Waals surface area contributed by atoms with E-state index < -0.39 is 0 Å². The van der Waals surface area contributed by atoms with E-state index in [1.165, 1.54) is 32.1 Å². The van der Waals surface area contributed by atoms with E-state index >= 15 is 0 Å². The van der Waals surface area contributed by atoms with Crippen LogP contribution in [0.3, 0.4) is 0 Å². The van der Waals surface area contributed by atoms with Crippen molar-refractivity contribution in [2.75, 3.05) is 19.5 Å². The van der Waals surface area contributed by atoms with Gasteiger partial charge in [-0.05, 0) is 12.8 Å². The second-order valence-electron chi connectivity index (χ2n) is 6.47. The van der Waals surface area contributed by atoms with Crippen LogP contribution in [-0.2, 0) is 0 Å². The second kappa shape index (κ2) is 6.96. The van der Waals surface area contributed by atoms with Gasteiger partial charge in [-0.1, -0.05) is 19.3 Å². The molecule has 25 heavy (non-hydrogen) atoms. The molecule has 2 aromatic heterocycles. The molecule has 3 aromatic rings. The minimum Gasteiger partial charge on any atom is -0.497 e. The molecule has 0 bridgehead atoms. The van der Waals surface area contributed by atoms with E-state index in [0.717, 1.165) is 38.8 Å². The summed E-state index contributed by atoms with van der Waals surface area (Å²) in [7, 11) is 3.34. The van der Waals surface area contributed by atoms with Crippen LogP contribution in [0.15, 0.2) is 23.7 Å². The standard InChI is InChI=1S/C19H23N3O2S/c1-23-13-8-15-18(17(9-13)24-2)14(10-20-15)16-11-25-19(22-16)21-12-6-4-3-5-7-12/h8-12,20H,3-7H2,1-2H3,(H,21,22). The topological polar surface area (TPSA) is 59.2 Å². The Hall–Kier alpha value is -2.21. The summed E-state index contributed by atoms with van der Waals surface area (Å²) in [6, 6.07) is 4.46. The zero-order valence-corrected chi connectivity index (χ0v) is 15.4. The van der Waals surface area contributed by atoms with Crippen LogP contribution >= 0.6 is 11.3 Å². The largest absolute Gasteiger partial charge is 0.497 e. The molecular formula is C19H23N3O2S. The van der Waals surface area contributed by atoms with Crippen LogP contribution in [-0.4, -0.2) is 30.2 Å². The number of aromatic amines is 1. The molecule has 0 spiro atoms. The van der Waals surface area contributed by atoms with Crippen LogP contribution < -0.4 is 14.8 Å². The van der Waals surface area contributed by atoms with E-state index in [2.05, 4.69) is 15.7 Å². The van der Waals surface area contributed by atoms with Crippen LogP contribution in [0.5, 0.6) is 11.5 Å².